The summed E-state index contributed by atoms with van der Waals surface area (Å²) < 4.78 is 0. The minimum atomic E-state index is 0.696. The third-order valence-corrected chi connectivity index (χ3v) is 2.91. The van der Waals surface area contributed by atoms with E-state index in [-0.39, 0.29) is 0 Å². The number of hydrogen-bond acceptors (Lipinski definition) is 2. The molecule has 0 fully saturated rings. The third kappa shape index (κ3) is 3.80. The van der Waals surface area contributed by atoms with Crippen LogP contribution in [-0.4, -0.2) is 6.54 Å². The van der Waals surface area contributed by atoms with Gasteiger partial charge in [-0.05, 0) is 28.8 Å². The first-order chi connectivity index (χ1) is 9.29. The Balaban J connectivity index is 1.87. The van der Waals surface area contributed by atoms with Gasteiger partial charge in [0.1, 0.15) is 0 Å². The van der Waals surface area contributed by atoms with Gasteiger partial charge in [-0.15, -0.1) is 0 Å². The van der Waals surface area contributed by atoms with Crippen molar-refractivity contribution < 1.29 is 0 Å². The van der Waals surface area contributed by atoms with Gasteiger partial charge in [0.15, 0.2) is 0 Å². The average molecular weight is 248 g/mol. The first kappa shape index (κ1) is 13.1. The molecular formula is C17H16N2. The van der Waals surface area contributed by atoms with E-state index in [4.69, 9.17) is 5.26 Å². The molecule has 19 heavy (non-hydrogen) atoms. The van der Waals surface area contributed by atoms with E-state index in [1.54, 1.807) is 0 Å². The number of hydrogen-bond donors (Lipinski definition) is 1. The minimum absolute atomic E-state index is 0.696. The summed E-state index contributed by atoms with van der Waals surface area (Å²) in [6.45, 7) is 5.55. The second kappa shape index (κ2) is 6.53. The molecule has 2 aromatic carbocycles. The molecule has 0 saturated carbocycles. The van der Waals surface area contributed by atoms with Crippen molar-refractivity contribution in [3.05, 3.63) is 77.9 Å². The van der Waals surface area contributed by atoms with Crippen molar-refractivity contribution in [3.8, 4) is 6.07 Å². The van der Waals surface area contributed by atoms with Gasteiger partial charge in [-0.25, -0.2) is 0 Å². The molecule has 0 amide bonds. The van der Waals surface area contributed by atoms with Crippen LogP contribution in [0.4, 0.5) is 0 Å². The second-order valence-corrected chi connectivity index (χ2v) is 4.39. The highest BCUT2D eigenvalue weighted by Crippen LogP contribution is 2.10. The van der Waals surface area contributed by atoms with Crippen LogP contribution >= 0.6 is 0 Å². The number of nitrogens with one attached hydrogen (secondary N) is 1. The lowest BCUT2D eigenvalue weighted by Gasteiger charge is -2.08. The second-order valence-electron chi connectivity index (χ2n) is 4.39. The summed E-state index contributed by atoms with van der Waals surface area (Å²) in [4.78, 5) is 0. The molecule has 2 heteroatoms. The molecule has 0 unspecified atom stereocenters. The van der Waals surface area contributed by atoms with Crippen LogP contribution in [0.5, 0.6) is 0 Å². The summed E-state index contributed by atoms with van der Waals surface area (Å²) in [7, 11) is 0. The molecule has 0 aromatic heterocycles. The van der Waals surface area contributed by atoms with Crippen molar-refractivity contribution in [3.63, 3.8) is 0 Å². The summed E-state index contributed by atoms with van der Waals surface area (Å²) in [5.74, 6) is 0. The van der Waals surface area contributed by atoms with Crippen molar-refractivity contribution in [2.75, 3.05) is 6.54 Å². The largest absolute Gasteiger partial charge is 0.309 e. The van der Waals surface area contributed by atoms with E-state index in [9.17, 15) is 0 Å². The molecule has 0 saturated heterocycles. The van der Waals surface area contributed by atoms with Gasteiger partial charge in [0.25, 0.3) is 0 Å². The molecule has 0 radical (unpaired) electrons. The van der Waals surface area contributed by atoms with Crippen molar-refractivity contribution in [1.29, 1.82) is 5.26 Å². The molecule has 0 atom stereocenters. The third-order valence-electron chi connectivity index (χ3n) is 2.91. The zero-order valence-electron chi connectivity index (χ0n) is 10.8. The molecule has 0 aliphatic carbocycles. The highest BCUT2D eigenvalue weighted by atomic mass is 14.8. The zero-order valence-corrected chi connectivity index (χ0v) is 10.8. The van der Waals surface area contributed by atoms with E-state index < -0.39 is 0 Å². The fourth-order valence-electron chi connectivity index (χ4n) is 1.88. The van der Waals surface area contributed by atoms with E-state index in [1.165, 1.54) is 0 Å². The molecule has 0 aliphatic rings. The van der Waals surface area contributed by atoms with Gasteiger partial charge in [-0.2, -0.15) is 5.26 Å². The van der Waals surface area contributed by atoms with Crippen molar-refractivity contribution in [1.82, 2.24) is 5.32 Å². The molecule has 94 valence electrons. The SMILES string of the molecule is C=C(CNCc1cccc(C#N)c1)c1ccccc1. The molecular weight excluding hydrogens is 232 g/mol. The molecule has 0 aliphatic heterocycles. The molecule has 0 bridgehead atoms. The molecule has 0 heterocycles. The fourth-order valence-corrected chi connectivity index (χ4v) is 1.88. The smallest absolute Gasteiger partial charge is 0.0991 e. The summed E-state index contributed by atoms with van der Waals surface area (Å²) in [5.41, 5.74) is 4.03. The van der Waals surface area contributed by atoms with Crippen molar-refractivity contribution >= 4 is 5.57 Å². The Kier molecular flexibility index (Phi) is 4.49. The van der Waals surface area contributed by atoms with Gasteiger partial charge in [-0.1, -0.05) is 49.0 Å². The van der Waals surface area contributed by atoms with Crippen LogP contribution in [0.1, 0.15) is 16.7 Å². The van der Waals surface area contributed by atoms with Crippen LogP contribution in [0.3, 0.4) is 0 Å². The summed E-state index contributed by atoms with van der Waals surface area (Å²) in [5, 5.41) is 12.2. The highest BCUT2D eigenvalue weighted by Gasteiger charge is 1.99. The highest BCUT2D eigenvalue weighted by molar-refractivity contribution is 5.64. The summed E-state index contributed by atoms with van der Waals surface area (Å²) in [6, 6.07) is 19.9. The van der Waals surface area contributed by atoms with Gasteiger partial charge in [0, 0.05) is 13.1 Å². The molecule has 2 nitrogen and oxygen atoms in total. The number of nitrogens with zero attached hydrogens (tertiary/aromatic N) is 1. The van der Waals surface area contributed by atoms with E-state index in [0.29, 0.717) is 5.56 Å². The first-order valence-corrected chi connectivity index (χ1v) is 6.22. The quantitative estimate of drug-likeness (QED) is 0.880. The number of nitriles is 1. The normalized spacial score (nSPS) is 9.84. The van der Waals surface area contributed by atoms with E-state index in [0.717, 1.165) is 29.8 Å². The van der Waals surface area contributed by atoms with Gasteiger partial charge in [0.05, 0.1) is 11.6 Å². The van der Waals surface area contributed by atoms with Crippen molar-refractivity contribution in [2.45, 2.75) is 6.54 Å². The zero-order chi connectivity index (χ0) is 13.5. The lowest BCUT2D eigenvalue weighted by atomic mass is 10.1. The van der Waals surface area contributed by atoms with Gasteiger partial charge < -0.3 is 5.32 Å². The van der Waals surface area contributed by atoms with Gasteiger partial charge >= 0.3 is 0 Å². The lowest BCUT2D eigenvalue weighted by Crippen LogP contribution is -2.15. The maximum atomic E-state index is 8.84. The van der Waals surface area contributed by atoms with E-state index in [1.807, 2.05) is 42.5 Å². The Bertz CT molecular complexity index is 594. The van der Waals surface area contributed by atoms with Crippen LogP contribution in [0.2, 0.25) is 0 Å². The standard InChI is InChI=1S/C17H16N2/c1-14(17-8-3-2-4-9-17)12-19-13-16-7-5-6-15(10-16)11-18/h2-10,19H,1,12-13H2. The molecule has 0 spiro atoms. The molecule has 2 aromatic rings. The first-order valence-electron chi connectivity index (χ1n) is 6.22. The fraction of sp³-hybridized carbons (Fsp3) is 0.118. The van der Waals surface area contributed by atoms with Gasteiger partial charge in [0.2, 0.25) is 0 Å². The van der Waals surface area contributed by atoms with Crippen LogP contribution in [0.15, 0.2) is 61.2 Å². The topological polar surface area (TPSA) is 35.8 Å². The molecule has 1 N–H and O–H groups in total. The van der Waals surface area contributed by atoms with E-state index >= 15 is 0 Å². The number of benzene rings is 2. The lowest BCUT2D eigenvalue weighted by molar-refractivity contribution is 0.768. The maximum absolute atomic E-state index is 8.84. The van der Waals surface area contributed by atoms with Crippen LogP contribution < -0.4 is 5.32 Å². The predicted octanol–water partition coefficient (Wildman–Crippen LogP) is 3.36. The Labute approximate surface area is 114 Å². The maximum Gasteiger partial charge on any atom is 0.0991 e. The van der Waals surface area contributed by atoms with Crippen LogP contribution in [0, 0.1) is 11.3 Å². The monoisotopic (exact) mass is 248 g/mol. The molecule has 2 rings (SSSR count). The minimum Gasteiger partial charge on any atom is -0.309 e. The predicted molar refractivity (Wildman–Crippen MR) is 78.3 cm³/mol. The Morgan fingerprint density at radius 2 is 1.89 bits per heavy atom. The van der Waals surface area contributed by atoms with Crippen LogP contribution in [0.25, 0.3) is 5.57 Å². The Morgan fingerprint density at radius 1 is 1.11 bits per heavy atom. The van der Waals surface area contributed by atoms with Crippen molar-refractivity contribution in [2.24, 2.45) is 0 Å². The Morgan fingerprint density at radius 3 is 2.63 bits per heavy atom. The van der Waals surface area contributed by atoms with Crippen LogP contribution in [-0.2, 0) is 6.54 Å². The Hall–Kier alpha value is -2.37. The summed E-state index contributed by atoms with van der Waals surface area (Å²) >= 11 is 0. The van der Waals surface area contributed by atoms with E-state index in [2.05, 4.69) is 30.1 Å². The summed E-state index contributed by atoms with van der Waals surface area (Å²) in [6.07, 6.45) is 0. The average Bonchev–Trinajstić information content (AvgIpc) is 2.48. The number of rotatable bonds is 5. The van der Waals surface area contributed by atoms with Gasteiger partial charge in [-0.3, -0.25) is 0 Å².